The van der Waals surface area contributed by atoms with Gasteiger partial charge in [0.2, 0.25) is 0 Å². The fourth-order valence-electron chi connectivity index (χ4n) is 2.28. The summed E-state index contributed by atoms with van der Waals surface area (Å²) in [5.74, 6) is 1.37. The van der Waals surface area contributed by atoms with E-state index in [1.54, 1.807) is 7.11 Å². The molecule has 1 aliphatic rings. The van der Waals surface area contributed by atoms with Crippen LogP contribution >= 0.6 is 0 Å². The van der Waals surface area contributed by atoms with Crippen LogP contribution in [0.5, 0.6) is 11.5 Å². The molecule has 122 valence electrons. The number of benzene rings is 1. The predicted molar refractivity (Wildman–Crippen MR) is 81.3 cm³/mol. The van der Waals surface area contributed by atoms with Gasteiger partial charge in [0, 0.05) is 13.1 Å². The number of hydrogen-bond acceptors (Lipinski definition) is 6. The molecule has 0 N–H and O–H groups in total. The maximum atomic E-state index is 11.5. The van der Waals surface area contributed by atoms with Crippen molar-refractivity contribution in [3.05, 3.63) is 24.3 Å². The zero-order valence-corrected chi connectivity index (χ0v) is 13.1. The lowest BCUT2D eigenvalue weighted by molar-refractivity contribution is -0.146. The van der Waals surface area contributed by atoms with Gasteiger partial charge in [0.25, 0.3) is 0 Å². The number of carbonyl (C=O) groups is 1. The van der Waals surface area contributed by atoms with E-state index in [4.69, 9.17) is 18.9 Å². The topological polar surface area (TPSA) is 57.2 Å². The Balaban J connectivity index is 1.76. The van der Waals surface area contributed by atoms with Gasteiger partial charge in [0.1, 0.15) is 24.2 Å². The maximum Gasteiger partial charge on any atom is 0.320 e. The Hall–Kier alpha value is -1.79. The summed E-state index contributed by atoms with van der Waals surface area (Å²) in [4.78, 5) is 13.5. The van der Waals surface area contributed by atoms with Crippen molar-refractivity contribution in [1.29, 1.82) is 0 Å². The van der Waals surface area contributed by atoms with E-state index < -0.39 is 0 Å². The molecule has 0 amide bonds. The number of rotatable bonds is 7. The van der Waals surface area contributed by atoms with Gasteiger partial charge in [0.05, 0.1) is 26.9 Å². The molecule has 0 aromatic heterocycles. The SMILES string of the molecule is CCOC(=O)CN1CCOC(COc2ccc(OC)cc2)C1. The quantitative estimate of drug-likeness (QED) is 0.709. The summed E-state index contributed by atoms with van der Waals surface area (Å²) >= 11 is 0. The fourth-order valence-corrected chi connectivity index (χ4v) is 2.28. The number of esters is 1. The normalized spacial score (nSPS) is 18.7. The summed E-state index contributed by atoms with van der Waals surface area (Å²) in [5.41, 5.74) is 0. The van der Waals surface area contributed by atoms with Crippen LogP contribution in [0.15, 0.2) is 24.3 Å². The largest absolute Gasteiger partial charge is 0.497 e. The standard InChI is InChI=1S/C16H23NO5/c1-3-20-16(18)11-17-8-9-21-15(10-17)12-22-14-6-4-13(19-2)5-7-14/h4-7,15H,3,8-12H2,1-2H3. The predicted octanol–water partition coefficient (Wildman–Crippen LogP) is 1.34. The molecule has 2 rings (SSSR count). The van der Waals surface area contributed by atoms with Gasteiger partial charge < -0.3 is 18.9 Å². The lowest BCUT2D eigenvalue weighted by Crippen LogP contribution is -2.47. The monoisotopic (exact) mass is 309 g/mol. The van der Waals surface area contributed by atoms with E-state index in [-0.39, 0.29) is 12.1 Å². The number of hydrogen-bond donors (Lipinski definition) is 0. The molecule has 1 atom stereocenters. The third kappa shape index (κ3) is 5.20. The van der Waals surface area contributed by atoms with Crippen LogP contribution in [0, 0.1) is 0 Å². The van der Waals surface area contributed by atoms with Crippen LogP contribution in [-0.4, -0.2) is 63.5 Å². The zero-order valence-electron chi connectivity index (χ0n) is 13.1. The van der Waals surface area contributed by atoms with E-state index >= 15 is 0 Å². The smallest absolute Gasteiger partial charge is 0.320 e. The molecular formula is C16H23NO5. The minimum absolute atomic E-state index is 0.0507. The van der Waals surface area contributed by atoms with Crippen LogP contribution in [0.25, 0.3) is 0 Å². The summed E-state index contributed by atoms with van der Waals surface area (Å²) in [6.45, 7) is 4.96. The second kappa shape index (κ2) is 8.60. The first-order valence-electron chi connectivity index (χ1n) is 7.47. The maximum absolute atomic E-state index is 11.5. The van der Waals surface area contributed by atoms with Crippen molar-refractivity contribution in [2.75, 3.05) is 46.6 Å². The van der Waals surface area contributed by atoms with Gasteiger partial charge in [-0.3, -0.25) is 9.69 Å². The number of ether oxygens (including phenoxy) is 4. The van der Waals surface area contributed by atoms with Gasteiger partial charge in [-0.25, -0.2) is 0 Å². The molecule has 1 unspecified atom stereocenters. The Kier molecular flexibility index (Phi) is 6.48. The van der Waals surface area contributed by atoms with Crippen molar-refractivity contribution < 1.29 is 23.7 Å². The minimum Gasteiger partial charge on any atom is -0.497 e. The highest BCUT2D eigenvalue weighted by Crippen LogP contribution is 2.17. The molecule has 1 fully saturated rings. The van der Waals surface area contributed by atoms with Crippen molar-refractivity contribution in [3.63, 3.8) is 0 Å². The Morgan fingerprint density at radius 1 is 1.32 bits per heavy atom. The van der Waals surface area contributed by atoms with Crippen molar-refractivity contribution >= 4 is 5.97 Å². The molecule has 1 saturated heterocycles. The summed E-state index contributed by atoms with van der Waals surface area (Å²) in [6.07, 6.45) is -0.0507. The molecule has 6 nitrogen and oxygen atoms in total. The van der Waals surface area contributed by atoms with Crippen molar-refractivity contribution in [1.82, 2.24) is 4.90 Å². The van der Waals surface area contributed by atoms with E-state index in [9.17, 15) is 4.79 Å². The number of nitrogens with zero attached hydrogens (tertiary/aromatic N) is 1. The van der Waals surface area contributed by atoms with Gasteiger partial charge in [-0.15, -0.1) is 0 Å². The van der Waals surface area contributed by atoms with Gasteiger partial charge >= 0.3 is 5.97 Å². The van der Waals surface area contributed by atoms with Crippen molar-refractivity contribution in [2.24, 2.45) is 0 Å². The lowest BCUT2D eigenvalue weighted by Gasteiger charge is -2.32. The highest BCUT2D eigenvalue weighted by Gasteiger charge is 2.23. The molecule has 0 aliphatic carbocycles. The van der Waals surface area contributed by atoms with Crippen molar-refractivity contribution in [2.45, 2.75) is 13.0 Å². The molecule has 1 heterocycles. The first kappa shape index (κ1) is 16.6. The third-order valence-corrected chi connectivity index (χ3v) is 3.38. The first-order chi connectivity index (χ1) is 10.7. The fraction of sp³-hybridized carbons (Fsp3) is 0.562. The van der Waals surface area contributed by atoms with E-state index in [1.165, 1.54) is 0 Å². The number of morpholine rings is 1. The highest BCUT2D eigenvalue weighted by molar-refractivity contribution is 5.71. The van der Waals surface area contributed by atoms with E-state index in [2.05, 4.69) is 0 Å². The van der Waals surface area contributed by atoms with Crippen LogP contribution in [0.2, 0.25) is 0 Å². The lowest BCUT2D eigenvalue weighted by atomic mass is 10.2. The molecule has 1 aromatic carbocycles. The van der Waals surface area contributed by atoms with Gasteiger partial charge in [-0.05, 0) is 31.2 Å². The van der Waals surface area contributed by atoms with Crippen LogP contribution in [-0.2, 0) is 14.3 Å². The molecule has 1 aliphatic heterocycles. The number of carbonyl (C=O) groups excluding carboxylic acids is 1. The molecule has 1 aromatic rings. The minimum atomic E-state index is -0.195. The molecule has 0 radical (unpaired) electrons. The Labute approximate surface area is 130 Å². The first-order valence-corrected chi connectivity index (χ1v) is 7.47. The van der Waals surface area contributed by atoms with E-state index in [0.29, 0.717) is 32.9 Å². The molecule has 0 saturated carbocycles. The van der Waals surface area contributed by atoms with Crippen LogP contribution in [0.1, 0.15) is 6.92 Å². The molecule has 6 heteroatoms. The molecular weight excluding hydrogens is 286 g/mol. The summed E-state index contributed by atoms with van der Waals surface area (Å²) in [7, 11) is 1.63. The average Bonchev–Trinajstić information content (AvgIpc) is 2.54. The summed E-state index contributed by atoms with van der Waals surface area (Å²) in [6, 6.07) is 7.42. The molecule has 0 spiro atoms. The Morgan fingerprint density at radius 3 is 2.73 bits per heavy atom. The second-order valence-corrected chi connectivity index (χ2v) is 5.02. The molecule has 22 heavy (non-hydrogen) atoms. The van der Waals surface area contributed by atoms with Gasteiger partial charge in [-0.1, -0.05) is 0 Å². The van der Waals surface area contributed by atoms with Crippen molar-refractivity contribution in [3.8, 4) is 11.5 Å². The summed E-state index contributed by atoms with van der Waals surface area (Å²) < 4.78 is 21.5. The second-order valence-electron chi connectivity index (χ2n) is 5.02. The average molecular weight is 309 g/mol. The summed E-state index contributed by atoms with van der Waals surface area (Å²) in [5, 5.41) is 0. The van der Waals surface area contributed by atoms with Gasteiger partial charge in [0.15, 0.2) is 0 Å². The van der Waals surface area contributed by atoms with E-state index in [0.717, 1.165) is 18.0 Å². The Morgan fingerprint density at radius 2 is 2.05 bits per heavy atom. The van der Waals surface area contributed by atoms with E-state index in [1.807, 2.05) is 36.1 Å². The van der Waals surface area contributed by atoms with Crippen LogP contribution in [0.4, 0.5) is 0 Å². The Bertz CT molecular complexity index is 462. The van der Waals surface area contributed by atoms with Crippen LogP contribution < -0.4 is 9.47 Å². The zero-order chi connectivity index (χ0) is 15.8. The van der Waals surface area contributed by atoms with Gasteiger partial charge in [-0.2, -0.15) is 0 Å². The van der Waals surface area contributed by atoms with Crippen LogP contribution in [0.3, 0.4) is 0 Å². The molecule has 0 bridgehead atoms. The number of methoxy groups -OCH3 is 1. The third-order valence-electron chi connectivity index (χ3n) is 3.38. The highest BCUT2D eigenvalue weighted by atomic mass is 16.5.